The van der Waals surface area contributed by atoms with E-state index in [1.54, 1.807) is 0 Å². The fourth-order valence-corrected chi connectivity index (χ4v) is 2.13. The number of H-pyrrole nitrogens is 1. The smallest absolute Gasteiger partial charge is 0.312 e. The van der Waals surface area contributed by atoms with Crippen LogP contribution in [0.5, 0.6) is 0 Å². The van der Waals surface area contributed by atoms with Crippen LogP contribution < -0.4 is 0 Å². The molecule has 0 aliphatic heterocycles. The number of fused-ring (bicyclic) bond motifs is 1. The lowest BCUT2D eigenvalue weighted by Gasteiger charge is -2.16. The van der Waals surface area contributed by atoms with Gasteiger partial charge in [0, 0.05) is 5.69 Å². The SMILES string of the molecule is CC(C)OCc1nc2c([nH]1)CCCC2C(=O)O. The lowest BCUT2D eigenvalue weighted by molar-refractivity contribution is -0.139. The second-order valence-electron chi connectivity index (χ2n) is 4.69. The van der Waals surface area contributed by atoms with Gasteiger partial charge in [-0.15, -0.1) is 0 Å². The molecule has 0 saturated carbocycles. The number of aryl methyl sites for hydroxylation is 1. The van der Waals surface area contributed by atoms with Crippen LogP contribution in [0.3, 0.4) is 0 Å². The van der Waals surface area contributed by atoms with E-state index in [1.807, 2.05) is 13.8 Å². The number of carbonyl (C=O) groups is 1. The summed E-state index contributed by atoms with van der Waals surface area (Å²) < 4.78 is 5.46. The van der Waals surface area contributed by atoms with E-state index in [-0.39, 0.29) is 6.10 Å². The van der Waals surface area contributed by atoms with Gasteiger partial charge in [0.25, 0.3) is 0 Å². The zero-order chi connectivity index (χ0) is 12.4. The van der Waals surface area contributed by atoms with Gasteiger partial charge in [0.15, 0.2) is 0 Å². The summed E-state index contributed by atoms with van der Waals surface area (Å²) in [5.41, 5.74) is 1.66. The molecule has 0 amide bonds. The van der Waals surface area contributed by atoms with Gasteiger partial charge in [-0.3, -0.25) is 4.79 Å². The number of aromatic nitrogens is 2. The summed E-state index contributed by atoms with van der Waals surface area (Å²) in [6.45, 7) is 4.34. The van der Waals surface area contributed by atoms with Crippen molar-refractivity contribution in [1.82, 2.24) is 9.97 Å². The Morgan fingerprint density at radius 2 is 2.41 bits per heavy atom. The van der Waals surface area contributed by atoms with E-state index in [0.717, 1.165) is 24.4 Å². The quantitative estimate of drug-likeness (QED) is 0.839. The van der Waals surface area contributed by atoms with E-state index in [0.29, 0.717) is 18.7 Å². The van der Waals surface area contributed by atoms with Crippen LogP contribution in [0.2, 0.25) is 0 Å². The summed E-state index contributed by atoms with van der Waals surface area (Å²) >= 11 is 0. The maximum Gasteiger partial charge on any atom is 0.312 e. The molecule has 1 aliphatic rings. The molecule has 0 spiro atoms. The van der Waals surface area contributed by atoms with Gasteiger partial charge in [-0.05, 0) is 33.1 Å². The molecule has 2 N–H and O–H groups in total. The van der Waals surface area contributed by atoms with Crippen molar-refractivity contribution in [3.05, 3.63) is 17.2 Å². The molecule has 0 saturated heterocycles. The highest BCUT2D eigenvalue weighted by Gasteiger charge is 2.29. The van der Waals surface area contributed by atoms with Crippen molar-refractivity contribution in [2.75, 3.05) is 0 Å². The summed E-state index contributed by atoms with van der Waals surface area (Å²) in [6, 6.07) is 0. The molecule has 17 heavy (non-hydrogen) atoms. The van der Waals surface area contributed by atoms with Gasteiger partial charge < -0.3 is 14.8 Å². The average Bonchev–Trinajstić information content (AvgIpc) is 2.68. The van der Waals surface area contributed by atoms with E-state index < -0.39 is 11.9 Å². The number of nitrogens with zero attached hydrogens (tertiary/aromatic N) is 1. The van der Waals surface area contributed by atoms with Crippen molar-refractivity contribution in [2.45, 2.75) is 51.7 Å². The maximum absolute atomic E-state index is 11.1. The minimum absolute atomic E-state index is 0.146. The highest BCUT2D eigenvalue weighted by atomic mass is 16.5. The molecule has 1 aromatic rings. The molecule has 5 heteroatoms. The number of aromatic amines is 1. The van der Waals surface area contributed by atoms with Crippen LogP contribution in [0.1, 0.15) is 49.8 Å². The lowest BCUT2D eigenvalue weighted by atomic mass is 9.90. The van der Waals surface area contributed by atoms with E-state index in [2.05, 4.69) is 9.97 Å². The number of imidazole rings is 1. The molecule has 94 valence electrons. The number of ether oxygens (including phenoxy) is 1. The molecule has 0 bridgehead atoms. The Bertz CT molecular complexity index is 412. The summed E-state index contributed by atoms with van der Waals surface area (Å²) in [5, 5.41) is 9.13. The van der Waals surface area contributed by atoms with Crippen molar-refractivity contribution >= 4 is 5.97 Å². The molecule has 1 heterocycles. The number of nitrogens with one attached hydrogen (secondary N) is 1. The predicted molar refractivity (Wildman–Crippen MR) is 61.8 cm³/mol. The van der Waals surface area contributed by atoms with Gasteiger partial charge in [0.2, 0.25) is 0 Å². The number of carboxylic acids is 1. The summed E-state index contributed by atoms with van der Waals surface area (Å²) in [6.07, 6.45) is 2.61. The minimum atomic E-state index is -0.784. The second-order valence-corrected chi connectivity index (χ2v) is 4.69. The third-order valence-electron chi connectivity index (χ3n) is 2.96. The maximum atomic E-state index is 11.1. The van der Waals surface area contributed by atoms with Crippen molar-refractivity contribution in [1.29, 1.82) is 0 Å². The van der Waals surface area contributed by atoms with E-state index >= 15 is 0 Å². The zero-order valence-electron chi connectivity index (χ0n) is 10.2. The minimum Gasteiger partial charge on any atom is -0.481 e. The first-order valence-electron chi connectivity index (χ1n) is 6.00. The van der Waals surface area contributed by atoms with Gasteiger partial charge in [-0.2, -0.15) is 0 Å². The zero-order valence-corrected chi connectivity index (χ0v) is 10.2. The van der Waals surface area contributed by atoms with Crippen LogP contribution >= 0.6 is 0 Å². The van der Waals surface area contributed by atoms with E-state index in [9.17, 15) is 4.79 Å². The molecule has 2 rings (SSSR count). The predicted octanol–water partition coefficient (Wildman–Crippen LogP) is 1.84. The highest BCUT2D eigenvalue weighted by molar-refractivity contribution is 5.76. The molecule has 0 aromatic carbocycles. The number of hydrogen-bond donors (Lipinski definition) is 2. The third kappa shape index (κ3) is 2.66. The fourth-order valence-electron chi connectivity index (χ4n) is 2.13. The van der Waals surface area contributed by atoms with Crippen molar-refractivity contribution in [2.24, 2.45) is 0 Å². The molecule has 0 fully saturated rings. The topological polar surface area (TPSA) is 75.2 Å². The van der Waals surface area contributed by atoms with E-state index in [1.165, 1.54) is 0 Å². The van der Waals surface area contributed by atoms with Gasteiger partial charge >= 0.3 is 5.97 Å². The van der Waals surface area contributed by atoms with Crippen LogP contribution in [0, 0.1) is 0 Å². The molecule has 1 aliphatic carbocycles. The van der Waals surface area contributed by atoms with Gasteiger partial charge in [0.05, 0.1) is 11.8 Å². The summed E-state index contributed by atoms with van der Waals surface area (Å²) in [7, 11) is 0. The van der Waals surface area contributed by atoms with Crippen LogP contribution in [0.15, 0.2) is 0 Å². The van der Waals surface area contributed by atoms with Crippen LogP contribution in [-0.2, 0) is 22.6 Å². The standard InChI is InChI=1S/C12H18N2O3/c1-7(2)17-6-10-13-9-5-3-4-8(12(15)16)11(9)14-10/h7-8H,3-6H2,1-2H3,(H,13,14)(H,15,16). The molecule has 1 atom stereocenters. The Labute approximate surface area is 100 Å². The largest absolute Gasteiger partial charge is 0.481 e. The Morgan fingerprint density at radius 3 is 3.06 bits per heavy atom. The number of rotatable bonds is 4. The summed E-state index contributed by atoms with van der Waals surface area (Å²) in [5.74, 6) is -0.506. The highest BCUT2D eigenvalue weighted by Crippen LogP contribution is 2.30. The van der Waals surface area contributed by atoms with Crippen molar-refractivity contribution < 1.29 is 14.6 Å². The first-order chi connectivity index (χ1) is 8.08. The normalized spacial score (nSPS) is 19.4. The molecule has 1 unspecified atom stereocenters. The number of hydrogen-bond acceptors (Lipinski definition) is 3. The first-order valence-corrected chi connectivity index (χ1v) is 6.00. The Morgan fingerprint density at radius 1 is 1.65 bits per heavy atom. The molecule has 1 aromatic heterocycles. The molecule has 0 radical (unpaired) electrons. The lowest BCUT2D eigenvalue weighted by Crippen LogP contribution is -2.17. The van der Waals surface area contributed by atoms with Gasteiger partial charge in [-0.25, -0.2) is 4.98 Å². The number of carboxylic acid groups (broad SMARTS) is 1. The molecular weight excluding hydrogens is 220 g/mol. The van der Waals surface area contributed by atoms with Gasteiger partial charge in [0.1, 0.15) is 18.3 Å². The van der Waals surface area contributed by atoms with Crippen molar-refractivity contribution in [3.8, 4) is 0 Å². The Kier molecular flexibility index (Phi) is 3.47. The third-order valence-corrected chi connectivity index (χ3v) is 2.96. The van der Waals surface area contributed by atoms with Gasteiger partial charge in [-0.1, -0.05) is 0 Å². The number of aliphatic carboxylic acids is 1. The molecule has 5 nitrogen and oxygen atoms in total. The monoisotopic (exact) mass is 238 g/mol. The van der Waals surface area contributed by atoms with Crippen molar-refractivity contribution in [3.63, 3.8) is 0 Å². The average molecular weight is 238 g/mol. The van der Waals surface area contributed by atoms with Crippen LogP contribution in [0.4, 0.5) is 0 Å². The fraction of sp³-hybridized carbons (Fsp3) is 0.667. The summed E-state index contributed by atoms with van der Waals surface area (Å²) in [4.78, 5) is 18.6. The molecular formula is C12H18N2O3. The Hall–Kier alpha value is -1.36. The first kappa shape index (κ1) is 12.1. The van der Waals surface area contributed by atoms with Crippen LogP contribution in [-0.4, -0.2) is 27.1 Å². The second kappa shape index (κ2) is 4.87. The van der Waals surface area contributed by atoms with E-state index in [4.69, 9.17) is 9.84 Å². The Balaban J connectivity index is 2.16. The van der Waals surface area contributed by atoms with Crippen LogP contribution in [0.25, 0.3) is 0 Å².